The predicted octanol–water partition coefficient (Wildman–Crippen LogP) is 3.53. The lowest BCUT2D eigenvalue weighted by Crippen LogP contribution is -2.50. The van der Waals surface area contributed by atoms with E-state index in [1.165, 1.54) is 12.1 Å². The standard InChI is InChI=1S/C23H25FN2O2/c1-18(16-19-6-3-2-4-7-19)23(28)26-14-12-25(13-15-26)22(27)11-10-20-8-5-9-21(24)17-20/h2-9,16-17H,10-15H2,1H3/b18-16+. The van der Waals surface area contributed by atoms with Crippen molar-refractivity contribution in [3.8, 4) is 0 Å². The molecule has 0 N–H and O–H groups in total. The van der Waals surface area contributed by atoms with E-state index in [9.17, 15) is 14.0 Å². The molecular formula is C23H25FN2O2. The molecule has 2 aromatic rings. The van der Waals surface area contributed by atoms with Gasteiger partial charge in [-0.15, -0.1) is 0 Å². The summed E-state index contributed by atoms with van der Waals surface area (Å²) in [6.07, 6.45) is 2.76. The highest BCUT2D eigenvalue weighted by Gasteiger charge is 2.24. The molecule has 28 heavy (non-hydrogen) atoms. The monoisotopic (exact) mass is 380 g/mol. The summed E-state index contributed by atoms with van der Waals surface area (Å²) in [5, 5.41) is 0. The molecule has 1 saturated heterocycles. The number of amides is 2. The Labute approximate surface area is 165 Å². The first-order valence-electron chi connectivity index (χ1n) is 9.58. The number of hydrogen-bond acceptors (Lipinski definition) is 2. The number of nitrogens with zero attached hydrogens (tertiary/aromatic N) is 2. The van der Waals surface area contributed by atoms with Crippen LogP contribution >= 0.6 is 0 Å². The van der Waals surface area contributed by atoms with Gasteiger partial charge in [0.1, 0.15) is 5.82 Å². The highest BCUT2D eigenvalue weighted by atomic mass is 19.1. The molecule has 0 spiro atoms. The molecule has 0 atom stereocenters. The van der Waals surface area contributed by atoms with Crippen LogP contribution < -0.4 is 0 Å². The van der Waals surface area contributed by atoms with Gasteiger partial charge in [-0.25, -0.2) is 4.39 Å². The minimum absolute atomic E-state index is 0.00992. The first kappa shape index (κ1) is 19.8. The summed E-state index contributed by atoms with van der Waals surface area (Å²) < 4.78 is 13.2. The van der Waals surface area contributed by atoms with E-state index in [0.29, 0.717) is 44.6 Å². The zero-order valence-corrected chi connectivity index (χ0v) is 16.1. The molecule has 1 heterocycles. The highest BCUT2D eigenvalue weighted by Crippen LogP contribution is 2.13. The first-order valence-corrected chi connectivity index (χ1v) is 9.58. The van der Waals surface area contributed by atoms with Crippen molar-refractivity contribution in [2.45, 2.75) is 19.8 Å². The molecule has 5 heteroatoms. The van der Waals surface area contributed by atoms with E-state index in [1.54, 1.807) is 15.9 Å². The summed E-state index contributed by atoms with van der Waals surface area (Å²) >= 11 is 0. The van der Waals surface area contributed by atoms with Crippen LogP contribution in [0.3, 0.4) is 0 Å². The molecule has 1 aliphatic rings. The summed E-state index contributed by atoms with van der Waals surface area (Å²) in [5.74, 6) is -0.223. The number of aryl methyl sites for hydroxylation is 1. The number of halogens is 1. The minimum atomic E-state index is -0.281. The van der Waals surface area contributed by atoms with Gasteiger partial charge in [-0.2, -0.15) is 0 Å². The van der Waals surface area contributed by atoms with E-state index in [0.717, 1.165) is 11.1 Å². The second-order valence-corrected chi connectivity index (χ2v) is 7.04. The first-order chi connectivity index (χ1) is 13.5. The van der Waals surface area contributed by atoms with Gasteiger partial charge >= 0.3 is 0 Å². The normalized spacial score (nSPS) is 14.9. The number of hydrogen-bond donors (Lipinski definition) is 0. The molecule has 146 valence electrons. The summed E-state index contributed by atoms with van der Waals surface area (Å²) in [5.41, 5.74) is 2.51. The molecule has 1 fully saturated rings. The third-order valence-electron chi connectivity index (χ3n) is 4.96. The van der Waals surface area contributed by atoms with Crippen molar-refractivity contribution in [2.75, 3.05) is 26.2 Å². The van der Waals surface area contributed by atoms with Crippen molar-refractivity contribution in [2.24, 2.45) is 0 Å². The Balaban J connectivity index is 1.49. The van der Waals surface area contributed by atoms with Gasteiger partial charge in [0.2, 0.25) is 11.8 Å². The Hall–Kier alpha value is -2.95. The zero-order valence-electron chi connectivity index (χ0n) is 16.1. The second kappa shape index (κ2) is 9.31. The molecule has 1 aliphatic heterocycles. The van der Waals surface area contributed by atoms with Gasteiger partial charge < -0.3 is 9.80 Å². The molecule has 0 radical (unpaired) electrons. The van der Waals surface area contributed by atoms with Crippen LogP contribution in [0.25, 0.3) is 6.08 Å². The van der Waals surface area contributed by atoms with Crippen molar-refractivity contribution < 1.29 is 14.0 Å². The van der Waals surface area contributed by atoms with E-state index in [-0.39, 0.29) is 17.6 Å². The minimum Gasteiger partial charge on any atom is -0.339 e. The smallest absolute Gasteiger partial charge is 0.249 e. The topological polar surface area (TPSA) is 40.6 Å². The molecule has 0 saturated carbocycles. The van der Waals surface area contributed by atoms with Gasteiger partial charge in [0.25, 0.3) is 0 Å². The number of rotatable bonds is 5. The van der Waals surface area contributed by atoms with Crippen molar-refractivity contribution in [1.29, 1.82) is 0 Å². The summed E-state index contributed by atoms with van der Waals surface area (Å²) in [6, 6.07) is 16.1. The maximum atomic E-state index is 13.2. The number of carbonyl (C=O) groups excluding carboxylic acids is 2. The van der Waals surface area contributed by atoms with E-state index < -0.39 is 0 Å². The Morgan fingerprint density at radius 3 is 2.32 bits per heavy atom. The molecule has 0 aliphatic carbocycles. The average molecular weight is 380 g/mol. The van der Waals surface area contributed by atoms with Crippen molar-refractivity contribution in [3.63, 3.8) is 0 Å². The Bertz CT molecular complexity index is 856. The van der Waals surface area contributed by atoms with Crippen LogP contribution in [0.1, 0.15) is 24.5 Å². The van der Waals surface area contributed by atoms with E-state index >= 15 is 0 Å². The SMILES string of the molecule is C/C(=C\c1ccccc1)C(=O)N1CCN(C(=O)CCc2cccc(F)c2)CC1. The maximum Gasteiger partial charge on any atom is 0.249 e. The second-order valence-electron chi connectivity index (χ2n) is 7.04. The van der Waals surface area contributed by atoms with E-state index in [4.69, 9.17) is 0 Å². The lowest BCUT2D eigenvalue weighted by atomic mass is 10.1. The Morgan fingerprint density at radius 1 is 0.964 bits per heavy atom. The average Bonchev–Trinajstić information content (AvgIpc) is 2.72. The van der Waals surface area contributed by atoms with Crippen LogP contribution in [-0.2, 0) is 16.0 Å². The zero-order chi connectivity index (χ0) is 19.9. The predicted molar refractivity (Wildman–Crippen MR) is 108 cm³/mol. The number of carbonyl (C=O) groups is 2. The highest BCUT2D eigenvalue weighted by molar-refractivity contribution is 5.97. The van der Waals surface area contributed by atoms with Crippen LogP contribution in [-0.4, -0.2) is 47.8 Å². The van der Waals surface area contributed by atoms with Crippen LogP contribution in [0.2, 0.25) is 0 Å². The number of benzene rings is 2. The molecule has 4 nitrogen and oxygen atoms in total. The Kier molecular flexibility index (Phi) is 6.58. The summed E-state index contributed by atoms with van der Waals surface area (Å²) in [6.45, 7) is 3.96. The van der Waals surface area contributed by atoms with Gasteiger partial charge in [-0.1, -0.05) is 42.5 Å². The lowest BCUT2D eigenvalue weighted by molar-refractivity contribution is -0.137. The van der Waals surface area contributed by atoms with Gasteiger partial charge in [0.15, 0.2) is 0 Å². The van der Waals surface area contributed by atoms with E-state index in [2.05, 4.69) is 0 Å². The van der Waals surface area contributed by atoms with Crippen LogP contribution in [0.15, 0.2) is 60.2 Å². The fraction of sp³-hybridized carbons (Fsp3) is 0.304. The van der Waals surface area contributed by atoms with Crippen LogP contribution in [0.5, 0.6) is 0 Å². The Morgan fingerprint density at radius 2 is 1.64 bits per heavy atom. The van der Waals surface area contributed by atoms with E-state index in [1.807, 2.05) is 49.4 Å². The molecule has 2 amide bonds. The third-order valence-corrected chi connectivity index (χ3v) is 4.96. The fourth-order valence-corrected chi connectivity index (χ4v) is 3.37. The number of piperazine rings is 1. The molecular weight excluding hydrogens is 355 g/mol. The van der Waals surface area contributed by atoms with Crippen LogP contribution in [0.4, 0.5) is 4.39 Å². The van der Waals surface area contributed by atoms with Gasteiger partial charge in [0, 0.05) is 38.2 Å². The molecule has 2 aromatic carbocycles. The molecule has 0 aromatic heterocycles. The quantitative estimate of drug-likeness (QED) is 0.745. The third kappa shape index (κ3) is 5.28. The fourth-order valence-electron chi connectivity index (χ4n) is 3.37. The van der Waals surface area contributed by atoms with Gasteiger partial charge in [-0.3, -0.25) is 9.59 Å². The van der Waals surface area contributed by atoms with Crippen molar-refractivity contribution >= 4 is 17.9 Å². The molecule has 0 bridgehead atoms. The largest absolute Gasteiger partial charge is 0.339 e. The summed E-state index contributed by atoms with van der Waals surface area (Å²) in [4.78, 5) is 28.7. The van der Waals surface area contributed by atoms with Gasteiger partial charge in [0.05, 0.1) is 0 Å². The molecule has 3 rings (SSSR count). The van der Waals surface area contributed by atoms with Crippen LogP contribution in [0, 0.1) is 5.82 Å². The van der Waals surface area contributed by atoms with Crippen molar-refractivity contribution in [3.05, 3.63) is 77.1 Å². The maximum absolute atomic E-state index is 13.2. The van der Waals surface area contributed by atoms with Crippen molar-refractivity contribution in [1.82, 2.24) is 9.80 Å². The summed E-state index contributed by atoms with van der Waals surface area (Å²) in [7, 11) is 0. The van der Waals surface area contributed by atoms with Gasteiger partial charge in [-0.05, 0) is 42.7 Å². The lowest BCUT2D eigenvalue weighted by Gasteiger charge is -2.35. The molecule has 0 unspecified atom stereocenters.